The van der Waals surface area contributed by atoms with Gasteiger partial charge in [-0.2, -0.15) is 0 Å². The predicted molar refractivity (Wildman–Crippen MR) is 82.3 cm³/mol. The Morgan fingerprint density at radius 3 is 2.85 bits per heavy atom. The van der Waals surface area contributed by atoms with Gasteiger partial charge < -0.3 is 15.4 Å². The van der Waals surface area contributed by atoms with Gasteiger partial charge in [0.1, 0.15) is 11.6 Å². The summed E-state index contributed by atoms with van der Waals surface area (Å²) < 4.78 is 5.32. The molecule has 4 heteroatoms. The Morgan fingerprint density at radius 1 is 1.35 bits per heavy atom. The molecule has 1 aliphatic heterocycles. The van der Waals surface area contributed by atoms with E-state index in [9.17, 15) is 0 Å². The van der Waals surface area contributed by atoms with E-state index in [4.69, 9.17) is 10.5 Å². The highest BCUT2D eigenvalue weighted by Gasteiger charge is 2.39. The molecular formula is C16H21N3O. The Morgan fingerprint density at radius 2 is 2.15 bits per heavy atom. The molecule has 0 aliphatic carbocycles. The Bertz CT molecular complexity index is 620. The van der Waals surface area contributed by atoms with E-state index in [0.717, 1.165) is 42.9 Å². The second kappa shape index (κ2) is 4.94. The average Bonchev–Trinajstić information content (AvgIpc) is 2.43. The number of ether oxygens (including phenoxy) is 1. The molecule has 2 heterocycles. The number of hydrogen-bond donors (Lipinski definition) is 1. The van der Waals surface area contributed by atoms with Crippen molar-refractivity contribution in [2.45, 2.75) is 25.3 Å². The monoisotopic (exact) mass is 271 g/mol. The van der Waals surface area contributed by atoms with Gasteiger partial charge in [0.25, 0.3) is 0 Å². The quantitative estimate of drug-likeness (QED) is 0.928. The Kier molecular flexibility index (Phi) is 3.26. The van der Waals surface area contributed by atoms with Crippen LogP contribution in [0.1, 0.15) is 19.8 Å². The van der Waals surface area contributed by atoms with Crippen molar-refractivity contribution in [2.24, 2.45) is 5.73 Å². The van der Waals surface area contributed by atoms with Gasteiger partial charge in [-0.1, -0.05) is 19.4 Å². The van der Waals surface area contributed by atoms with E-state index < -0.39 is 0 Å². The van der Waals surface area contributed by atoms with Gasteiger partial charge in [0.05, 0.1) is 12.6 Å². The summed E-state index contributed by atoms with van der Waals surface area (Å²) in [6, 6.07) is 8.13. The summed E-state index contributed by atoms with van der Waals surface area (Å²) in [4.78, 5) is 6.81. The normalized spacial score (nSPS) is 17.1. The van der Waals surface area contributed by atoms with Crippen LogP contribution in [-0.2, 0) is 0 Å². The molecule has 4 nitrogen and oxygen atoms in total. The molecule has 0 atom stereocenters. The number of nitrogens with two attached hydrogens (primary N) is 1. The molecule has 0 bridgehead atoms. The molecule has 0 spiro atoms. The molecule has 0 saturated carbocycles. The SMILES string of the molecule is CCCC1(N)CN(c2nccc3ccc(OC)cc23)C1. The molecule has 1 fully saturated rings. The van der Waals surface area contributed by atoms with Gasteiger partial charge in [0.15, 0.2) is 0 Å². The smallest absolute Gasteiger partial charge is 0.136 e. The Hall–Kier alpha value is -1.81. The van der Waals surface area contributed by atoms with Crippen molar-refractivity contribution < 1.29 is 4.74 Å². The molecule has 1 aliphatic rings. The van der Waals surface area contributed by atoms with E-state index in [0.29, 0.717) is 0 Å². The second-order valence-corrected chi connectivity index (χ2v) is 5.69. The summed E-state index contributed by atoms with van der Waals surface area (Å²) in [7, 11) is 1.69. The summed E-state index contributed by atoms with van der Waals surface area (Å²) in [6.07, 6.45) is 4.05. The maximum absolute atomic E-state index is 6.35. The van der Waals surface area contributed by atoms with Gasteiger partial charge >= 0.3 is 0 Å². The van der Waals surface area contributed by atoms with E-state index in [1.165, 1.54) is 5.39 Å². The number of pyridine rings is 1. The molecule has 3 rings (SSSR count). The summed E-state index contributed by atoms with van der Waals surface area (Å²) in [5.41, 5.74) is 6.30. The van der Waals surface area contributed by atoms with Crippen LogP contribution in [0.3, 0.4) is 0 Å². The minimum absolute atomic E-state index is 0.0442. The fourth-order valence-electron chi connectivity index (χ4n) is 3.03. The minimum Gasteiger partial charge on any atom is -0.497 e. The molecule has 0 radical (unpaired) electrons. The first-order chi connectivity index (χ1) is 9.65. The molecule has 0 unspecified atom stereocenters. The van der Waals surface area contributed by atoms with Crippen LogP contribution in [0.25, 0.3) is 10.8 Å². The van der Waals surface area contributed by atoms with Crippen LogP contribution in [0.5, 0.6) is 5.75 Å². The van der Waals surface area contributed by atoms with E-state index in [2.05, 4.69) is 22.9 Å². The first kappa shape index (κ1) is 13.2. The first-order valence-corrected chi connectivity index (χ1v) is 7.12. The van der Waals surface area contributed by atoms with Crippen LogP contribution < -0.4 is 15.4 Å². The van der Waals surface area contributed by atoms with Gasteiger partial charge in [-0.25, -0.2) is 4.98 Å². The van der Waals surface area contributed by atoms with Crippen molar-refractivity contribution in [1.82, 2.24) is 4.98 Å². The van der Waals surface area contributed by atoms with Crippen molar-refractivity contribution >= 4 is 16.6 Å². The van der Waals surface area contributed by atoms with Gasteiger partial charge in [-0.05, 0) is 30.0 Å². The number of benzene rings is 1. The van der Waals surface area contributed by atoms with Crippen LogP contribution >= 0.6 is 0 Å². The van der Waals surface area contributed by atoms with E-state index in [1.54, 1.807) is 7.11 Å². The zero-order valence-electron chi connectivity index (χ0n) is 12.1. The standard InChI is InChI=1S/C16H21N3O/c1-3-7-16(17)10-19(11-16)15-14-9-13(20-2)5-4-12(14)6-8-18-15/h4-6,8-9H,3,7,10-11,17H2,1-2H3. The molecule has 0 amide bonds. The molecule has 1 aromatic carbocycles. The lowest BCUT2D eigenvalue weighted by Gasteiger charge is -2.48. The maximum Gasteiger partial charge on any atom is 0.136 e. The molecule has 1 aromatic heterocycles. The van der Waals surface area contributed by atoms with Crippen LogP contribution in [-0.4, -0.2) is 30.7 Å². The molecule has 1 saturated heterocycles. The lowest BCUT2D eigenvalue weighted by molar-refractivity contribution is 0.306. The summed E-state index contributed by atoms with van der Waals surface area (Å²) in [6.45, 7) is 3.94. The van der Waals surface area contributed by atoms with Crippen molar-refractivity contribution in [3.05, 3.63) is 30.5 Å². The predicted octanol–water partition coefficient (Wildman–Crippen LogP) is 2.56. The number of fused-ring (bicyclic) bond motifs is 1. The number of methoxy groups -OCH3 is 1. The molecule has 20 heavy (non-hydrogen) atoms. The van der Waals surface area contributed by atoms with Crippen molar-refractivity contribution in [3.63, 3.8) is 0 Å². The van der Waals surface area contributed by atoms with Crippen molar-refractivity contribution in [1.29, 1.82) is 0 Å². The van der Waals surface area contributed by atoms with Crippen LogP contribution in [0.15, 0.2) is 30.5 Å². The Balaban J connectivity index is 1.93. The average molecular weight is 271 g/mol. The first-order valence-electron chi connectivity index (χ1n) is 7.12. The van der Waals surface area contributed by atoms with Crippen LogP contribution in [0.4, 0.5) is 5.82 Å². The number of anilines is 1. The second-order valence-electron chi connectivity index (χ2n) is 5.69. The molecule has 106 valence electrons. The van der Waals surface area contributed by atoms with Crippen molar-refractivity contribution in [3.8, 4) is 5.75 Å². The van der Waals surface area contributed by atoms with Crippen LogP contribution in [0, 0.1) is 0 Å². The highest BCUT2D eigenvalue weighted by atomic mass is 16.5. The van der Waals surface area contributed by atoms with E-state index in [1.807, 2.05) is 24.4 Å². The van der Waals surface area contributed by atoms with Crippen molar-refractivity contribution in [2.75, 3.05) is 25.1 Å². The third kappa shape index (κ3) is 2.20. The fourth-order valence-corrected chi connectivity index (χ4v) is 3.03. The molecule has 2 N–H and O–H groups in total. The highest BCUT2D eigenvalue weighted by molar-refractivity contribution is 5.93. The van der Waals surface area contributed by atoms with Gasteiger partial charge in [-0.3, -0.25) is 0 Å². The third-order valence-electron chi connectivity index (χ3n) is 4.01. The molecular weight excluding hydrogens is 250 g/mol. The summed E-state index contributed by atoms with van der Waals surface area (Å²) in [5, 5.41) is 2.31. The number of nitrogens with zero attached hydrogens (tertiary/aromatic N) is 2. The van der Waals surface area contributed by atoms with E-state index >= 15 is 0 Å². The van der Waals surface area contributed by atoms with Gasteiger partial charge in [0.2, 0.25) is 0 Å². The number of rotatable bonds is 4. The Labute approximate surface area is 119 Å². The largest absolute Gasteiger partial charge is 0.497 e. The minimum atomic E-state index is -0.0442. The number of hydrogen-bond acceptors (Lipinski definition) is 4. The highest BCUT2D eigenvalue weighted by Crippen LogP contribution is 2.34. The van der Waals surface area contributed by atoms with E-state index in [-0.39, 0.29) is 5.54 Å². The fraction of sp³-hybridized carbons (Fsp3) is 0.438. The van der Waals surface area contributed by atoms with Gasteiger partial charge in [0, 0.05) is 24.7 Å². The zero-order valence-corrected chi connectivity index (χ0v) is 12.1. The number of aromatic nitrogens is 1. The van der Waals surface area contributed by atoms with Crippen LogP contribution in [0.2, 0.25) is 0 Å². The third-order valence-corrected chi connectivity index (χ3v) is 4.01. The summed E-state index contributed by atoms with van der Waals surface area (Å²) in [5.74, 6) is 1.87. The topological polar surface area (TPSA) is 51.4 Å². The molecule has 2 aromatic rings. The van der Waals surface area contributed by atoms with Gasteiger partial charge in [-0.15, -0.1) is 0 Å². The lowest BCUT2D eigenvalue weighted by Crippen LogP contribution is -2.67. The lowest BCUT2D eigenvalue weighted by atomic mass is 9.86. The maximum atomic E-state index is 6.35. The summed E-state index contributed by atoms with van der Waals surface area (Å²) >= 11 is 0. The zero-order chi connectivity index (χ0) is 14.2.